The van der Waals surface area contributed by atoms with Crippen LogP contribution in [0.2, 0.25) is 0 Å². The Morgan fingerprint density at radius 1 is 0.972 bits per heavy atom. The monoisotopic (exact) mass is 502 g/mol. The number of aromatic nitrogens is 1. The molecular formula is C27H36F2N4O3. The molecule has 2 aromatic rings. The average Bonchev–Trinajstić information content (AvgIpc) is 3.21. The van der Waals surface area contributed by atoms with Gasteiger partial charge in [-0.15, -0.1) is 0 Å². The number of carbonyl (C=O) groups excluding carboxylic acids is 3. The summed E-state index contributed by atoms with van der Waals surface area (Å²) in [5, 5.41) is 3.51. The van der Waals surface area contributed by atoms with E-state index in [1.807, 2.05) is 13.8 Å². The molecule has 1 aliphatic carbocycles. The Kier molecular flexibility index (Phi) is 7.95. The Balaban J connectivity index is 1.44. The van der Waals surface area contributed by atoms with Crippen LogP contribution in [0.3, 0.4) is 0 Å². The van der Waals surface area contributed by atoms with E-state index < -0.39 is 17.7 Å². The number of hydrogen-bond donors (Lipinski definition) is 1. The molecule has 1 N–H and O–H groups in total. The van der Waals surface area contributed by atoms with Gasteiger partial charge in [-0.2, -0.15) is 0 Å². The van der Waals surface area contributed by atoms with Crippen LogP contribution in [0.25, 0.3) is 10.9 Å². The molecule has 196 valence electrons. The molecule has 3 amide bonds. The average molecular weight is 503 g/mol. The van der Waals surface area contributed by atoms with Gasteiger partial charge in [-0.25, -0.2) is 8.78 Å². The van der Waals surface area contributed by atoms with Crippen molar-refractivity contribution in [2.75, 3.05) is 26.2 Å². The fourth-order valence-electron chi connectivity index (χ4n) is 5.36. The molecule has 1 aromatic carbocycles. The van der Waals surface area contributed by atoms with Gasteiger partial charge < -0.3 is 19.7 Å². The van der Waals surface area contributed by atoms with Crippen LogP contribution >= 0.6 is 0 Å². The number of aryl methyl sites for hydroxylation is 1. The Hall–Kier alpha value is -2.97. The van der Waals surface area contributed by atoms with Gasteiger partial charge in [-0.05, 0) is 37.3 Å². The van der Waals surface area contributed by atoms with Gasteiger partial charge in [0.05, 0.1) is 5.52 Å². The highest BCUT2D eigenvalue weighted by molar-refractivity contribution is 5.99. The van der Waals surface area contributed by atoms with Gasteiger partial charge in [0.15, 0.2) is 11.6 Å². The van der Waals surface area contributed by atoms with Crippen molar-refractivity contribution in [3.63, 3.8) is 0 Å². The number of nitrogens with zero attached hydrogens (tertiary/aromatic N) is 3. The molecule has 2 aliphatic rings. The summed E-state index contributed by atoms with van der Waals surface area (Å²) in [5.74, 6) is -2.32. The van der Waals surface area contributed by atoms with Crippen LogP contribution in [0.5, 0.6) is 0 Å². The number of rotatable bonds is 6. The van der Waals surface area contributed by atoms with Crippen molar-refractivity contribution in [1.29, 1.82) is 0 Å². The zero-order valence-corrected chi connectivity index (χ0v) is 21.4. The molecule has 1 saturated heterocycles. The minimum Gasteiger partial charge on any atom is -0.344 e. The first-order chi connectivity index (χ1) is 17.2. The van der Waals surface area contributed by atoms with E-state index in [9.17, 15) is 23.2 Å². The predicted octanol–water partition coefficient (Wildman–Crippen LogP) is 3.85. The molecule has 1 aliphatic heterocycles. The number of benzene rings is 1. The van der Waals surface area contributed by atoms with Crippen molar-refractivity contribution in [1.82, 2.24) is 19.7 Å². The fourth-order valence-corrected chi connectivity index (χ4v) is 5.36. The van der Waals surface area contributed by atoms with E-state index >= 15 is 0 Å². The Bertz CT molecular complexity index is 1130. The maximum absolute atomic E-state index is 13.7. The molecule has 2 atom stereocenters. The van der Waals surface area contributed by atoms with E-state index in [0.29, 0.717) is 49.2 Å². The summed E-state index contributed by atoms with van der Waals surface area (Å²) < 4.78 is 28.9. The minimum absolute atomic E-state index is 0.0683. The number of nitrogens with one attached hydrogen (secondary N) is 1. The first-order valence-corrected chi connectivity index (χ1v) is 13.0. The van der Waals surface area contributed by atoms with E-state index in [1.54, 1.807) is 27.5 Å². The van der Waals surface area contributed by atoms with E-state index in [2.05, 4.69) is 5.32 Å². The second-order valence-corrected chi connectivity index (χ2v) is 10.2. The van der Waals surface area contributed by atoms with E-state index in [1.165, 1.54) is 0 Å². The third-order valence-electron chi connectivity index (χ3n) is 7.93. The first-order valence-electron chi connectivity index (χ1n) is 13.0. The summed E-state index contributed by atoms with van der Waals surface area (Å²) >= 11 is 0. The van der Waals surface area contributed by atoms with Gasteiger partial charge in [0.25, 0.3) is 5.91 Å². The third-order valence-corrected chi connectivity index (χ3v) is 7.93. The normalized spacial score (nSPS) is 18.8. The van der Waals surface area contributed by atoms with Crippen LogP contribution in [0.1, 0.15) is 62.9 Å². The lowest BCUT2D eigenvalue weighted by Crippen LogP contribution is -2.58. The molecule has 2 fully saturated rings. The van der Waals surface area contributed by atoms with Crippen LogP contribution < -0.4 is 5.32 Å². The minimum atomic E-state index is -0.956. The topological polar surface area (TPSA) is 74.7 Å². The molecule has 0 bridgehead atoms. The summed E-state index contributed by atoms with van der Waals surface area (Å²) in [7, 11) is 1.65. The molecule has 1 saturated carbocycles. The third kappa shape index (κ3) is 5.25. The summed E-state index contributed by atoms with van der Waals surface area (Å²) in [6.45, 7) is 5.29. The number of hydrogen-bond acceptors (Lipinski definition) is 3. The molecule has 2 heterocycles. The van der Waals surface area contributed by atoms with Gasteiger partial charge in [0.2, 0.25) is 11.8 Å². The molecule has 0 radical (unpaired) electrons. The zero-order chi connectivity index (χ0) is 26.0. The Morgan fingerprint density at radius 3 is 2.22 bits per heavy atom. The van der Waals surface area contributed by atoms with E-state index in [4.69, 9.17) is 0 Å². The number of halogens is 2. The second-order valence-electron chi connectivity index (χ2n) is 10.2. The molecule has 7 nitrogen and oxygen atoms in total. The summed E-state index contributed by atoms with van der Waals surface area (Å²) in [6.07, 6.45) is 5.86. The van der Waals surface area contributed by atoms with Gasteiger partial charge in [0.1, 0.15) is 11.7 Å². The van der Waals surface area contributed by atoms with Gasteiger partial charge in [0, 0.05) is 50.6 Å². The van der Waals surface area contributed by atoms with Gasteiger partial charge in [-0.1, -0.05) is 33.1 Å². The number of amides is 3. The van der Waals surface area contributed by atoms with Gasteiger partial charge in [-0.3, -0.25) is 14.4 Å². The summed E-state index contributed by atoms with van der Waals surface area (Å²) in [5.41, 5.74) is 0.786. The summed E-state index contributed by atoms with van der Waals surface area (Å²) in [4.78, 5) is 42.9. The standard InChI is InChI=1S/C27H36F2N4O3/c1-4-17(2)25(34)30-24(18-8-6-5-7-9-18)27(36)33-12-10-32(11-13-33)26(35)23-15-19-14-20(28)21(29)16-22(19)31(23)3/h14-18,24H,4-13H2,1-3H3,(H,30,34)/t17-,24+/m1/s1. The highest BCUT2D eigenvalue weighted by atomic mass is 19.2. The molecule has 36 heavy (non-hydrogen) atoms. The highest BCUT2D eigenvalue weighted by Gasteiger charge is 2.36. The van der Waals surface area contributed by atoms with Crippen molar-refractivity contribution < 1.29 is 23.2 Å². The maximum atomic E-state index is 13.7. The smallest absolute Gasteiger partial charge is 0.270 e. The Labute approximate surface area is 210 Å². The van der Waals surface area contributed by atoms with E-state index in [0.717, 1.165) is 44.2 Å². The molecule has 9 heteroatoms. The number of carbonyl (C=O) groups is 3. The van der Waals surface area contributed by atoms with Crippen molar-refractivity contribution in [3.05, 3.63) is 35.5 Å². The molecule has 1 aromatic heterocycles. The highest BCUT2D eigenvalue weighted by Crippen LogP contribution is 2.28. The van der Waals surface area contributed by atoms with Crippen molar-refractivity contribution in [2.45, 2.75) is 58.4 Å². The van der Waals surface area contributed by atoms with Crippen LogP contribution in [0.4, 0.5) is 8.78 Å². The maximum Gasteiger partial charge on any atom is 0.270 e. The molecular weight excluding hydrogens is 466 g/mol. The van der Waals surface area contributed by atoms with Crippen LogP contribution in [0, 0.1) is 23.5 Å². The van der Waals surface area contributed by atoms with Crippen LogP contribution in [-0.2, 0) is 16.6 Å². The molecule has 0 spiro atoms. The van der Waals surface area contributed by atoms with Crippen LogP contribution in [-0.4, -0.2) is 64.3 Å². The fraction of sp³-hybridized carbons (Fsp3) is 0.593. The SMILES string of the molecule is CC[C@@H](C)C(=O)N[C@H](C(=O)N1CCN(C(=O)c2cc3cc(F)c(F)cc3n2C)CC1)C1CCCCC1. The lowest BCUT2D eigenvalue weighted by molar-refractivity contribution is -0.140. The number of piperazine rings is 1. The van der Waals surface area contributed by atoms with E-state index in [-0.39, 0.29) is 29.6 Å². The first kappa shape index (κ1) is 26.1. The largest absolute Gasteiger partial charge is 0.344 e. The summed E-state index contributed by atoms with van der Waals surface area (Å²) in [6, 6.07) is 3.23. The van der Waals surface area contributed by atoms with Crippen molar-refractivity contribution in [2.24, 2.45) is 18.9 Å². The molecule has 4 rings (SSSR count). The van der Waals surface area contributed by atoms with Gasteiger partial charge >= 0.3 is 0 Å². The number of fused-ring (bicyclic) bond motifs is 1. The quantitative estimate of drug-likeness (QED) is 0.652. The lowest BCUT2D eigenvalue weighted by atomic mass is 9.83. The predicted molar refractivity (Wildman–Crippen MR) is 133 cm³/mol. The zero-order valence-electron chi connectivity index (χ0n) is 21.4. The van der Waals surface area contributed by atoms with Crippen molar-refractivity contribution >= 4 is 28.6 Å². The lowest BCUT2D eigenvalue weighted by Gasteiger charge is -2.39. The Morgan fingerprint density at radius 2 is 1.58 bits per heavy atom. The van der Waals surface area contributed by atoms with Crippen molar-refractivity contribution in [3.8, 4) is 0 Å². The second kappa shape index (κ2) is 11.0. The molecule has 0 unspecified atom stereocenters. The van der Waals surface area contributed by atoms with Crippen LogP contribution in [0.15, 0.2) is 18.2 Å².